The van der Waals surface area contributed by atoms with Gasteiger partial charge < -0.3 is 76.4 Å². The van der Waals surface area contributed by atoms with Crippen LogP contribution in [0.3, 0.4) is 0 Å². The molecule has 0 aliphatic carbocycles. The van der Waals surface area contributed by atoms with E-state index in [4.69, 9.17) is 74.2 Å². The summed E-state index contributed by atoms with van der Waals surface area (Å²) in [4.78, 5) is 50.9. The molecule has 0 aromatic heterocycles. The number of phenolic OH excluding ortho intramolecular Hbond substituents is 4. The molecular weight excluding hydrogens is 1740 g/mol. The van der Waals surface area contributed by atoms with Crippen molar-refractivity contribution in [2.75, 3.05) is 45.9 Å². The zero-order valence-corrected chi connectivity index (χ0v) is 74.0. The van der Waals surface area contributed by atoms with Gasteiger partial charge >= 0.3 is 40.0 Å². The first-order valence-corrected chi connectivity index (χ1v) is 41.3. The first kappa shape index (κ1) is 99.1. The van der Waals surface area contributed by atoms with E-state index in [9.17, 15) is 60.9 Å². The van der Waals surface area contributed by atoms with E-state index in [0.717, 1.165) is 118 Å². The van der Waals surface area contributed by atoms with Crippen molar-refractivity contribution >= 4 is 78.6 Å². The van der Waals surface area contributed by atoms with E-state index in [1.54, 1.807) is 48.5 Å². The molecule has 0 unspecified atom stereocenters. The summed E-state index contributed by atoms with van der Waals surface area (Å²) in [5, 5.41) is 101. The average Bonchev–Trinajstić information content (AvgIpc) is 0.486. The molecule has 32 nitrogen and oxygen atoms in total. The Morgan fingerprint density at radius 3 is 0.403 bits per heavy atom. The van der Waals surface area contributed by atoms with Crippen molar-refractivity contribution in [2.24, 2.45) is 5.34 Å². The van der Waals surface area contributed by atoms with Gasteiger partial charge in [0, 0.05) is 95.5 Å². The quantitative estimate of drug-likeness (QED) is 0.00464. The Morgan fingerprint density at radius 2 is 0.321 bits per heavy atom. The van der Waals surface area contributed by atoms with Crippen LogP contribution in [0.5, 0.6) is 23.0 Å². The number of nitrogens with two attached hydrogens (primary N) is 8. The monoisotopic (exact) mass is 1830 g/mol. The van der Waals surface area contributed by atoms with Crippen LogP contribution in [0, 0.1) is 50.6 Å². The Hall–Kier alpha value is -17.0. The number of nitro benzene ring substituents is 4. The second-order valence-electron chi connectivity index (χ2n) is 30.0. The van der Waals surface area contributed by atoms with Crippen molar-refractivity contribution in [1.82, 2.24) is 0 Å². The third-order valence-electron chi connectivity index (χ3n) is 22.1. The predicted molar refractivity (Wildman–Crippen MR) is 514 cm³/mol. The Balaban J connectivity index is 0.000000196. The van der Waals surface area contributed by atoms with Crippen LogP contribution in [0.4, 0.5) is 68.2 Å². The number of hydrogen-bond acceptors (Lipinski definition) is 27. The van der Waals surface area contributed by atoms with Crippen LogP contribution < -0.4 is 75.4 Å². The summed E-state index contributed by atoms with van der Waals surface area (Å²) in [6, 6.07) is 114. The molecule has 22 N–H and O–H groups in total. The zero-order chi connectivity index (χ0) is 96.0. The maximum Gasteiger partial charge on any atom is 1.00 e. The fourth-order valence-electron chi connectivity index (χ4n) is 16.0. The zero-order valence-electron chi connectivity index (χ0n) is 71.2. The number of nitrogens with zero attached hydrogens (tertiary/aromatic N) is 5. The van der Waals surface area contributed by atoms with E-state index < -0.39 is 51.8 Å². The van der Waals surface area contributed by atoms with Crippen LogP contribution in [0.2, 0.25) is 0 Å². The molecular formula is C100H88N13NaO19S. The molecule has 0 saturated carbocycles. The molecule has 134 heavy (non-hydrogen) atoms. The third kappa shape index (κ3) is 22.4. The third-order valence-corrected chi connectivity index (χ3v) is 22.3. The van der Waals surface area contributed by atoms with Gasteiger partial charge in [0.2, 0.25) is 0 Å². The minimum Gasteiger partial charge on any atom is -0.508 e. The number of aromatic hydroxyl groups is 4. The number of hydrogen-bond donors (Lipinski definition) is 14. The molecule has 0 aliphatic heterocycles. The van der Waals surface area contributed by atoms with E-state index in [0.29, 0.717) is 22.3 Å². The first-order valence-electron chi connectivity index (χ1n) is 39.9. The topological polar surface area (TPSA) is 598 Å². The van der Waals surface area contributed by atoms with Gasteiger partial charge in [-0.25, -0.2) is 5.26 Å². The average molecular weight is 1830 g/mol. The molecule has 0 amide bonds. The van der Waals surface area contributed by atoms with E-state index in [-0.39, 0.29) is 76.7 Å². The summed E-state index contributed by atoms with van der Waals surface area (Å²) < 4.78 is 28.0. The van der Waals surface area contributed by atoms with Crippen molar-refractivity contribution in [3.05, 3.63) is 528 Å². The maximum atomic E-state index is 11.3. The fourth-order valence-corrected chi connectivity index (χ4v) is 16.0. The summed E-state index contributed by atoms with van der Waals surface area (Å²) in [5.74, 6) is 0.629. The van der Waals surface area contributed by atoms with Gasteiger partial charge in [-0.3, -0.25) is 45.0 Å². The molecule has 0 spiro atoms. The summed E-state index contributed by atoms with van der Waals surface area (Å²) in [6.07, 6.45) is 0. The molecule has 34 heteroatoms. The van der Waals surface area contributed by atoms with Gasteiger partial charge in [-0.05, 0) is 235 Å². The molecule has 16 aromatic rings. The van der Waals surface area contributed by atoms with Crippen molar-refractivity contribution in [1.29, 1.82) is 0 Å². The smallest absolute Gasteiger partial charge is 0.508 e. The SMILES string of the molecule is Nc1ccc(C(c2ccc(N)cc2)(c2ccc(N)cc2)c2ccc(N)cc2)cc1.Nc1ccc(C(c2ccc(N)cc2)(c2ccc(N)cc2)c2ccc(N)cc2)cc1.O=N[O-].O=S(=O)(O)OO.O=[N+]([O-])c1ccc(C(c2ccc([N+](=O)[O-])cc2)(c2ccc([N+](=O)[O-])cc2)c2ccc([N+](=O)[O-])cc2)cc1.Oc1ccc(C(c2ccc(O)cc2)(c2ccc(O)cc2)c2ccc(O)cc2)cc1.[HH].[Na+]. The van der Waals surface area contributed by atoms with E-state index in [2.05, 4.69) is 101 Å². The molecule has 674 valence electrons. The molecule has 16 rings (SSSR count). The number of non-ortho nitro benzene ring substituents is 4. The number of nitro groups is 4. The van der Waals surface area contributed by atoms with Crippen molar-refractivity contribution in [3.63, 3.8) is 0 Å². The predicted octanol–water partition coefficient (Wildman–Crippen LogP) is 16.2. The normalized spacial score (nSPS) is 11.0. The molecule has 16 aromatic carbocycles. The van der Waals surface area contributed by atoms with Crippen LogP contribution >= 0.6 is 0 Å². The van der Waals surface area contributed by atoms with E-state index >= 15 is 0 Å². The van der Waals surface area contributed by atoms with Crippen LogP contribution in [-0.4, -0.2) is 58.3 Å². The Bertz CT molecular complexity index is 5550. The molecule has 0 fully saturated rings. The summed E-state index contributed by atoms with van der Waals surface area (Å²) >= 11 is 0. The van der Waals surface area contributed by atoms with Crippen LogP contribution in [-0.2, 0) is 36.4 Å². The molecule has 0 radical (unpaired) electrons. The van der Waals surface area contributed by atoms with Crippen LogP contribution in [0.25, 0.3) is 0 Å². The summed E-state index contributed by atoms with van der Waals surface area (Å²) in [6.45, 7) is 0. The molecule has 0 bridgehead atoms. The van der Waals surface area contributed by atoms with Crippen LogP contribution in [0.15, 0.2) is 394 Å². The molecule has 0 saturated heterocycles. The number of benzene rings is 16. The van der Waals surface area contributed by atoms with Gasteiger partial charge in [0.05, 0.1) is 41.4 Å². The Morgan fingerprint density at radius 1 is 0.239 bits per heavy atom. The standard InChI is InChI=1S/C25H16N4O8.2C25H24N4.C25H20O4.HNO2.Na.H2O5S.H2/c30-26(31)21-9-1-17(2-10-21)25(18-3-11-22(12-4-18)27(32)33,19-5-13-23(14-6-19)28(34)35)20-7-15-24(16-8-20)29(36)37;3*26-21-9-1-17(2-10-21)25(18-3-11-22(27)12-4-18,19-5-13-23(28)14-6-19)20-7-15-24(29)16-8-20;2-1-3;;1-5-6(2,3)4;/h1-16H;2*1-16H,26-29H2;1-16,26-29H;(H,2,3);;1H,(H,2,3,4);1H/q;;;;;+1;;/p-1. The van der Waals surface area contributed by atoms with Gasteiger partial charge in [-0.1, -0.05) is 198 Å². The summed E-state index contributed by atoms with van der Waals surface area (Å²) in [7, 11) is -4.61. The van der Waals surface area contributed by atoms with Gasteiger partial charge in [0.1, 0.15) is 23.0 Å². The number of anilines is 8. The second kappa shape index (κ2) is 43.8. The van der Waals surface area contributed by atoms with E-state index in [1.165, 1.54) is 97.1 Å². The van der Waals surface area contributed by atoms with Gasteiger partial charge in [-0.2, -0.15) is 8.42 Å². The molecule has 0 heterocycles. The minimum atomic E-state index is -4.61. The number of nitrogen functional groups attached to an aromatic ring is 8. The second-order valence-corrected chi connectivity index (χ2v) is 31.0. The largest absolute Gasteiger partial charge is 1.00 e. The van der Waals surface area contributed by atoms with Gasteiger partial charge in [0.15, 0.2) is 0 Å². The molecule has 0 aliphatic rings. The van der Waals surface area contributed by atoms with E-state index in [1.807, 2.05) is 146 Å². The Kier molecular flexibility index (Phi) is 32.4. The van der Waals surface area contributed by atoms with Crippen molar-refractivity contribution in [2.45, 2.75) is 21.7 Å². The molecule has 0 atom stereocenters. The van der Waals surface area contributed by atoms with Crippen LogP contribution in [0.1, 0.15) is 90.4 Å². The Labute approximate surface area is 790 Å². The van der Waals surface area contributed by atoms with Crippen molar-refractivity contribution in [3.8, 4) is 23.0 Å². The minimum absolute atomic E-state index is 0. The fraction of sp³-hybridized carbons (Fsp3) is 0.0400. The van der Waals surface area contributed by atoms with Gasteiger partial charge in [0.25, 0.3) is 22.7 Å². The maximum absolute atomic E-state index is 11.3. The van der Waals surface area contributed by atoms with Crippen molar-refractivity contribution < 1.29 is 93.7 Å². The number of rotatable bonds is 21. The first-order chi connectivity index (χ1) is 63.6. The number of phenols is 4. The summed E-state index contributed by atoms with van der Waals surface area (Å²) in [5.41, 5.74) is 64.0. The van der Waals surface area contributed by atoms with Gasteiger partial charge in [-0.15, -0.1) is 5.34 Å².